The van der Waals surface area contributed by atoms with Crippen LogP contribution in [0, 0.1) is 0 Å². The molecule has 0 saturated carbocycles. The van der Waals surface area contributed by atoms with Crippen LogP contribution in [-0.2, 0) is 4.79 Å². The molecule has 2 nitrogen and oxygen atoms in total. The Morgan fingerprint density at radius 3 is 2.20 bits per heavy atom. The van der Waals surface area contributed by atoms with Gasteiger partial charge in [-0.05, 0) is 6.00 Å². The fraction of sp³-hybridized carbons (Fsp3) is 0.833. The van der Waals surface area contributed by atoms with E-state index in [4.69, 9.17) is 10.6 Å². The van der Waals surface area contributed by atoms with Gasteiger partial charge in [0.15, 0.2) is 0 Å². The Balaban J connectivity index is -0.000000720. The summed E-state index contributed by atoms with van der Waals surface area (Å²) in [5.41, 5.74) is 0. The number of hydrogen-bond donors (Lipinski definition) is 1. The molecule has 0 aromatic heterocycles. The minimum atomic E-state index is -2.81. The van der Waals surface area contributed by atoms with E-state index in [0.717, 1.165) is 0 Å². The zero-order valence-corrected chi connectivity index (χ0v) is 9.86. The van der Waals surface area contributed by atoms with Gasteiger partial charge in [0.05, 0.1) is 0 Å². The molecule has 4 heteroatoms. The second-order valence-corrected chi connectivity index (χ2v) is 7.56. The average Bonchev–Trinajstić information content (AvgIpc) is 1.84. The van der Waals surface area contributed by atoms with Crippen LogP contribution in [0.5, 0.6) is 0 Å². The molecule has 0 saturated heterocycles. The summed E-state index contributed by atoms with van der Waals surface area (Å²) in [6.45, 7) is 4.81. The van der Waals surface area contributed by atoms with Crippen molar-refractivity contribution in [3.05, 3.63) is 0 Å². The summed E-state index contributed by atoms with van der Waals surface area (Å²) in [5.74, 6) is -4.01. The smallest absolute Gasteiger partial charge is 1.00 e. The van der Waals surface area contributed by atoms with Gasteiger partial charge in [0, 0.05) is 19.9 Å². The van der Waals surface area contributed by atoms with E-state index in [9.17, 15) is 4.79 Å². The molecular weight excluding hydrogens is 155 g/mol. The number of carboxylic acid groups (broad SMARTS) is 1. The third-order valence-electron chi connectivity index (χ3n) is 0.544. The van der Waals surface area contributed by atoms with Crippen molar-refractivity contribution in [3.8, 4) is 0 Å². The molecule has 0 rings (SSSR count). The average molecular weight is 174 g/mol. The Morgan fingerprint density at radius 1 is 1.70 bits per heavy atom. The van der Waals surface area contributed by atoms with E-state index in [1.807, 2.05) is 0 Å². The van der Waals surface area contributed by atoms with E-state index in [1.165, 1.54) is 0 Å². The Kier molecular flexibility index (Phi) is 3.33. The summed E-state index contributed by atoms with van der Waals surface area (Å²) >= 11 is 0. The van der Waals surface area contributed by atoms with Gasteiger partial charge in [-0.25, -0.2) is 0 Å². The number of carbonyl (C=O) groups is 1. The van der Waals surface area contributed by atoms with Crippen molar-refractivity contribution in [1.29, 1.82) is 0 Å². The topological polar surface area (TPSA) is 37.3 Å². The van der Waals surface area contributed by atoms with Crippen LogP contribution in [0.15, 0.2) is 0 Å². The van der Waals surface area contributed by atoms with Crippen LogP contribution in [0.25, 0.3) is 0 Å². The molecule has 0 spiro atoms. The number of rotatable bonds is 3. The number of aliphatic carboxylic acids is 1. The van der Waals surface area contributed by atoms with E-state index >= 15 is 0 Å². The third-order valence-corrected chi connectivity index (χ3v) is 1.42. The van der Waals surface area contributed by atoms with Crippen LogP contribution in [0.1, 0.15) is 13.3 Å². The van der Waals surface area contributed by atoms with Gasteiger partial charge in [-0.15, -0.1) is 0 Å². The van der Waals surface area contributed by atoms with Crippen LogP contribution in [0.3, 0.4) is 0 Å². The van der Waals surface area contributed by atoms with Gasteiger partial charge in [-0.1, -0.05) is 19.6 Å². The monoisotopic (exact) mass is 174 g/mol. The van der Waals surface area contributed by atoms with Gasteiger partial charge in [-0.3, -0.25) is 4.79 Å². The van der Waals surface area contributed by atoms with Crippen molar-refractivity contribution in [2.75, 3.05) is 0 Å². The third kappa shape index (κ3) is 11.5. The molecule has 0 bridgehead atoms. The van der Waals surface area contributed by atoms with Gasteiger partial charge in [0.25, 0.3) is 0 Å². The summed E-state index contributed by atoms with van der Waals surface area (Å²) in [6.07, 6.45) is -2.81. The molecule has 0 radical (unpaired) electrons. The van der Waals surface area contributed by atoms with E-state index in [2.05, 4.69) is 0 Å². The van der Waals surface area contributed by atoms with Crippen LogP contribution in [-0.4, -0.2) is 19.1 Å². The first-order valence-electron chi connectivity index (χ1n) is 4.68. The van der Waals surface area contributed by atoms with E-state index in [-0.39, 0.29) is 31.0 Å². The molecule has 0 atom stereocenters. The maximum absolute atomic E-state index is 10.5. The first kappa shape index (κ1) is 6.23. The Bertz CT molecular complexity index is 228. The Morgan fingerprint density at radius 2 is 2.10 bits per heavy atom. The largest absolute Gasteiger partial charge is 1.00 e. The zero-order chi connectivity index (χ0) is 11.1. The zero-order valence-electron chi connectivity index (χ0n) is 11.9. The molecule has 0 heterocycles. The van der Waals surface area contributed by atoms with Crippen LogP contribution >= 0.6 is 0 Å². The van der Waals surface area contributed by atoms with Crippen molar-refractivity contribution >= 4 is 14.0 Å². The second kappa shape index (κ2) is 5.35. The molecule has 0 aliphatic carbocycles. The van der Waals surface area contributed by atoms with Crippen molar-refractivity contribution in [2.24, 2.45) is 0 Å². The Hall–Kier alpha value is 0.687. The predicted molar refractivity (Wildman–Crippen MR) is 41.5 cm³/mol. The van der Waals surface area contributed by atoms with Gasteiger partial charge < -0.3 is 6.53 Å². The minimum Gasteiger partial charge on any atom is -1.00 e. The van der Waals surface area contributed by atoms with E-state index in [0.29, 0.717) is 0 Å². The minimum absolute atomic E-state index is 0. The van der Waals surface area contributed by atoms with Crippen molar-refractivity contribution in [1.82, 2.24) is 0 Å². The van der Waals surface area contributed by atoms with Gasteiger partial charge in [-0.2, -0.15) is 0 Å². The maximum atomic E-state index is 10.5. The molecule has 0 aromatic rings. The normalized spacial score (nSPS) is 19.1. The van der Waals surface area contributed by atoms with Crippen LogP contribution in [0.4, 0.5) is 0 Å². The van der Waals surface area contributed by atoms with E-state index in [1.54, 1.807) is 19.6 Å². The Labute approximate surface area is 92.4 Å². The predicted octanol–water partition coefficient (Wildman–Crippen LogP) is -1.08. The van der Waals surface area contributed by atoms with Crippen molar-refractivity contribution < 1.29 is 46.4 Å². The molecule has 0 fully saturated rings. The molecule has 0 aliphatic rings. The summed E-state index contributed by atoms with van der Waals surface area (Å²) in [7, 11) is -2.51. The van der Waals surface area contributed by atoms with Gasteiger partial charge in [0.2, 0.25) is 0 Å². The van der Waals surface area contributed by atoms with Gasteiger partial charge >= 0.3 is 35.5 Å². The van der Waals surface area contributed by atoms with E-state index < -0.39 is 26.4 Å². The second-order valence-electron chi connectivity index (χ2n) is 2.81. The molecule has 0 amide bonds. The van der Waals surface area contributed by atoms with Crippen molar-refractivity contribution in [2.45, 2.75) is 32.0 Å². The standard InChI is InChI=1S/C6H14O2Si.Na.H/c1-9(2,3)5-4-6(7)8;;/h4-5H2,1-3H3,(H,7,8);;/q;+1;-1/i4D2,5D2;;. The maximum Gasteiger partial charge on any atom is 1.00 e. The molecule has 56 valence electrons. The fourth-order valence-electron chi connectivity index (χ4n) is 0.241. The molecule has 10 heavy (non-hydrogen) atoms. The summed E-state index contributed by atoms with van der Waals surface area (Å²) in [4.78, 5) is 10.5. The van der Waals surface area contributed by atoms with Crippen molar-refractivity contribution in [3.63, 3.8) is 0 Å². The first-order chi connectivity index (χ1) is 5.44. The molecule has 0 unspecified atom stereocenters. The molecule has 0 aromatic carbocycles. The fourth-order valence-corrected chi connectivity index (χ4v) is 0.723. The molecule has 0 aliphatic heterocycles. The van der Waals surface area contributed by atoms with Crippen LogP contribution < -0.4 is 29.6 Å². The molecule has 1 N–H and O–H groups in total. The number of hydrogen-bond acceptors (Lipinski definition) is 1. The SMILES string of the molecule is [2H]C([2H])(C(=O)O)C([2H])([2H])[Si](C)(C)C.[H-].[Na+]. The summed E-state index contributed by atoms with van der Waals surface area (Å²) in [5, 5.41) is 8.55. The van der Waals surface area contributed by atoms with Gasteiger partial charge in [0.1, 0.15) is 0 Å². The first-order valence-corrected chi connectivity index (χ1v) is 6.18. The summed E-state index contributed by atoms with van der Waals surface area (Å²) in [6, 6.07) is 0. The quantitative estimate of drug-likeness (QED) is 0.552. The van der Waals surface area contributed by atoms with Crippen LogP contribution in [0.2, 0.25) is 25.6 Å². The molecular formula is C6H15NaO2Si. The number of carboxylic acids is 1. The summed E-state index contributed by atoms with van der Waals surface area (Å²) < 4.78 is 29.3.